The van der Waals surface area contributed by atoms with E-state index >= 15 is 0 Å². The van der Waals surface area contributed by atoms with Crippen molar-refractivity contribution in [3.05, 3.63) is 222 Å². The number of carbonyl (C=O) groups is 3. The first-order chi connectivity index (χ1) is 39.8. The number of carbonyl (C=O) groups excluding carboxylic acids is 2. The summed E-state index contributed by atoms with van der Waals surface area (Å²) in [5.74, 6) is 1.36. The summed E-state index contributed by atoms with van der Waals surface area (Å²) in [6, 6.07) is 60.7. The van der Waals surface area contributed by atoms with Crippen LogP contribution in [0.5, 0.6) is 0 Å². The molecule has 2 aliphatic rings. The van der Waals surface area contributed by atoms with Gasteiger partial charge in [-0.3, -0.25) is 14.6 Å². The van der Waals surface area contributed by atoms with Crippen molar-refractivity contribution < 1.29 is 19.5 Å². The second-order valence-corrected chi connectivity index (χ2v) is 22.4. The van der Waals surface area contributed by atoms with Crippen LogP contribution in [0.15, 0.2) is 193 Å². The molecule has 14 nitrogen and oxygen atoms in total. The van der Waals surface area contributed by atoms with E-state index in [0.29, 0.717) is 24.7 Å². The van der Waals surface area contributed by atoms with Crippen LogP contribution in [0.4, 0.5) is 4.79 Å². The predicted octanol–water partition coefficient (Wildman–Crippen LogP) is 13.0. The van der Waals surface area contributed by atoms with Crippen molar-refractivity contribution in [1.82, 2.24) is 39.6 Å². The topological polar surface area (TPSA) is 191 Å². The number of H-pyrrole nitrogens is 2. The summed E-state index contributed by atoms with van der Waals surface area (Å²) >= 11 is 0. The summed E-state index contributed by atoms with van der Waals surface area (Å²) in [5, 5.41) is 11.9. The van der Waals surface area contributed by atoms with E-state index in [4.69, 9.17) is 15.7 Å². The fourth-order valence-electron chi connectivity index (χ4n) is 12.4. The molecule has 82 heavy (non-hydrogen) atoms. The average molecular weight is 1090 g/mol. The van der Waals surface area contributed by atoms with Crippen LogP contribution >= 0.6 is 0 Å². The van der Waals surface area contributed by atoms with Gasteiger partial charge in [0, 0.05) is 18.8 Å². The maximum Gasteiger partial charge on any atom is 0.405 e. The molecule has 4 atom stereocenters. The Hall–Kier alpha value is -9.30. The number of amidine groups is 1. The highest BCUT2D eigenvalue weighted by atomic mass is 16.4. The Bertz CT molecular complexity index is 3600. The van der Waals surface area contributed by atoms with E-state index < -0.39 is 23.6 Å². The standard InChI is InChI=1S/C68H70N10O4/c1-43(2)61(72-45(5)69)65(79)76-39-15-23-59(76)63-70-41-55(73-63)46-25-29-48(30-26-46)57-37-38-58(49-31-27-47(28-32-49)56-42-71-64(74-56)60-24-16-40-77(60)66(80)62(44(3)4)75-67(81)82)78(57)54-35-33-53(34-36-54)68(50-17-9-6-10-18-50,51-19-11-7-12-20-51)52-21-13-8-14-22-52/h6-14,17-22,25-38,41-44,59-62,75H,15-16,23-24,39-40H2,1-5H3,(H2,69,72)(H,70,73)(H,71,74)(H,81,82)/t59-,60-,61-,62-/m0/s1. The van der Waals surface area contributed by atoms with E-state index in [2.05, 4.69) is 201 Å². The van der Waals surface area contributed by atoms with Gasteiger partial charge in [0.15, 0.2) is 0 Å². The molecule has 0 unspecified atom stereocenters. The number of rotatable bonds is 17. The minimum absolute atomic E-state index is 0.00244. The Morgan fingerprint density at radius 3 is 1.39 bits per heavy atom. The molecule has 0 spiro atoms. The molecular formula is C68H70N10O4. The first-order valence-electron chi connectivity index (χ1n) is 28.5. The van der Waals surface area contributed by atoms with Crippen LogP contribution in [0.1, 0.15) is 106 Å². The number of imidazole rings is 2. The maximum atomic E-state index is 13.9. The Balaban J connectivity index is 0.943. The van der Waals surface area contributed by atoms with E-state index in [-0.39, 0.29) is 35.7 Å². The van der Waals surface area contributed by atoms with Crippen molar-refractivity contribution in [1.29, 1.82) is 0 Å². The smallest absolute Gasteiger partial charge is 0.405 e. The summed E-state index contributed by atoms with van der Waals surface area (Å²) in [6.45, 7) is 10.6. The van der Waals surface area contributed by atoms with E-state index in [1.807, 2.05) is 45.0 Å². The zero-order valence-corrected chi connectivity index (χ0v) is 47.0. The average Bonchev–Trinajstić information content (AvgIpc) is 4.50. The third-order valence-corrected chi connectivity index (χ3v) is 16.4. The van der Waals surface area contributed by atoms with E-state index in [9.17, 15) is 19.5 Å². The zero-order chi connectivity index (χ0) is 57.1. The zero-order valence-electron chi connectivity index (χ0n) is 47.0. The van der Waals surface area contributed by atoms with Crippen molar-refractivity contribution in [2.75, 3.05) is 13.1 Å². The molecule has 11 rings (SSSR count). The van der Waals surface area contributed by atoms with Gasteiger partial charge in [0.1, 0.15) is 23.7 Å². The van der Waals surface area contributed by atoms with E-state index in [1.54, 1.807) is 11.8 Å². The van der Waals surface area contributed by atoms with Crippen molar-refractivity contribution in [3.63, 3.8) is 0 Å². The number of nitrogens with one attached hydrogen (secondary N) is 3. The van der Waals surface area contributed by atoms with Crippen molar-refractivity contribution in [2.45, 2.75) is 89.9 Å². The number of likely N-dealkylation sites (tertiary alicyclic amines) is 2. The van der Waals surface area contributed by atoms with E-state index in [1.165, 1.54) is 16.7 Å². The number of hydrogen-bond acceptors (Lipinski definition) is 6. The van der Waals surface area contributed by atoms with Crippen molar-refractivity contribution >= 4 is 23.7 Å². The summed E-state index contributed by atoms with van der Waals surface area (Å²) < 4.78 is 2.33. The molecule has 2 aliphatic heterocycles. The lowest BCUT2D eigenvalue weighted by atomic mass is 9.65. The molecule has 0 radical (unpaired) electrons. The van der Waals surface area contributed by atoms with Crippen LogP contribution in [0.3, 0.4) is 0 Å². The van der Waals surface area contributed by atoms with Gasteiger partial charge in [-0.25, -0.2) is 14.8 Å². The van der Waals surface area contributed by atoms with Gasteiger partial charge in [0.05, 0.1) is 58.5 Å². The molecular weight excluding hydrogens is 1020 g/mol. The lowest BCUT2D eigenvalue weighted by molar-refractivity contribution is -0.135. The maximum absolute atomic E-state index is 13.9. The second kappa shape index (κ2) is 23.4. The molecule has 0 saturated carbocycles. The molecule has 9 aromatic rings. The normalized spacial score (nSPS) is 16.5. The van der Waals surface area contributed by atoms with Crippen LogP contribution in [0.25, 0.3) is 50.7 Å². The van der Waals surface area contributed by atoms with Crippen LogP contribution in [-0.4, -0.2) is 88.3 Å². The van der Waals surface area contributed by atoms with Gasteiger partial charge in [0.2, 0.25) is 11.8 Å². The summed E-state index contributed by atoms with van der Waals surface area (Å²) in [6.07, 6.45) is 5.66. The highest BCUT2D eigenvalue weighted by Gasteiger charge is 2.40. The largest absolute Gasteiger partial charge is 0.465 e. The lowest BCUT2D eigenvalue weighted by Crippen LogP contribution is -2.50. The van der Waals surface area contributed by atoms with Crippen LogP contribution in [-0.2, 0) is 15.0 Å². The second-order valence-electron chi connectivity index (χ2n) is 22.4. The summed E-state index contributed by atoms with van der Waals surface area (Å²) in [5.41, 5.74) is 18.6. The first kappa shape index (κ1) is 54.6. The van der Waals surface area contributed by atoms with Gasteiger partial charge in [-0.05, 0) is 113 Å². The molecule has 5 heterocycles. The predicted molar refractivity (Wildman–Crippen MR) is 323 cm³/mol. The van der Waals surface area contributed by atoms with Crippen molar-refractivity contribution in [3.8, 4) is 50.7 Å². The van der Waals surface area contributed by atoms with E-state index in [0.717, 1.165) is 87.8 Å². The molecule has 6 aromatic carbocycles. The quantitative estimate of drug-likeness (QED) is 0.0340. The molecule has 416 valence electrons. The third-order valence-electron chi connectivity index (χ3n) is 16.4. The van der Waals surface area contributed by atoms with Gasteiger partial charge in [0.25, 0.3) is 0 Å². The summed E-state index contributed by atoms with van der Waals surface area (Å²) in [4.78, 5) is 64.2. The SMILES string of the molecule is CC(N)=N[C@H](C(=O)N1CCC[C@H]1c1ncc(-c2ccc(-c3ccc(-c4ccc(-c5cnc([C@@H]6CCCN6C(=O)[C@@H](NC(=O)O)C(C)C)[nH]5)cc4)n3-c3ccc(C(c4ccccc4)(c4ccccc4)c4ccccc4)cc3)cc2)[nH]1)C(C)C. The molecule has 0 bridgehead atoms. The molecule has 14 heteroatoms. The van der Waals surface area contributed by atoms with Gasteiger partial charge >= 0.3 is 6.09 Å². The number of aliphatic imine (C=N–C) groups is 1. The van der Waals surface area contributed by atoms with Crippen LogP contribution in [0.2, 0.25) is 0 Å². The molecule has 0 aliphatic carbocycles. The van der Waals surface area contributed by atoms with Gasteiger partial charge in [-0.1, -0.05) is 179 Å². The van der Waals surface area contributed by atoms with Gasteiger partial charge < -0.3 is 40.5 Å². The number of hydrogen-bond donors (Lipinski definition) is 5. The molecule has 6 N–H and O–H groups in total. The number of aromatic nitrogens is 5. The Morgan fingerprint density at radius 2 is 0.988 bits per heavy atom. The van der Waals surface area contributed by atoms with Gasteiger partial charge in [-0.15, -0.1) is 0 Å². The number of nitrogens with zero attached hydrogens (tertiary/aromatic N) is 6. The highest BCUT2D eigenvalue weighted by Crippen LogP contribution is 2.46. The third kappa shape index (κ3) is 10.6. The molecule has 3 amide bonds. The summed E-state index contributed by atoms with van der Waals surface area (Å²) in [7, 11) is 0. The van der Waals surface area contributed by atoms with Gasteiger partial charge in [-0.2, -0.15) is 0 Å². The highest BCUT2D eigenvalue weighted by molar-refractivity contribution is 5.88. The minimum atomic E-state index is -1.22. The number of amides is 3. The Kier molecular flexibility index (Phi) is 15.6. The minimum Gasteiger partial charge on any atom is -0.465 e. The number of benzene rings is 6. The Labute approximate surface area is 479 Å². The first-order valence-corrected chi connectivity index (χ1v) is 28.5. The Morgan fingerprint density at radius 1 is 0.573 bits per heavy atom. The molecule has 3 aromatic heterocycles. The fourth-order valence-corrected chi connectivity index (χ4v) is 12.4. The molecule has 2 saturated heterocycles. The van der Waals surface area contributed by atoms with Crippen molar-refractivity contribution in [2.24, 2.45) is 22.6 Å². The number of carboxylic acid groups (broad SMARTS) is 1. The molecule has 2 fully saturated rings. The van der Waals surface area contributed by atoms with Crippen LogP contribution in [0, 0.1) is 11.8 Å². The van der Waals surface area contributed by atoms with Crippen LogP contribution < -0.4 is 11.1 Å². The monoisotopic (exact) mass is 1090 g/mol. The fraction of sp³-hybridized carbons (Fsp3) is 0.265. The number of aromatic amines is 2. The number of nitrogens with two attached hydrogens (primary N) is 1. The lowest BCUT2D eigenvalue weighted by Gasteiger charge is -2.37.